The second-order valence-corrected chi connectivity index (χ2v) is 14.7. The summed E-state index contributed by atoms with van der Waals surface area (Å²) >= 11 is 1.33. The highest BCUT2D eigenvalue weighted by atomic mass is 32.1. The molecule has 8 rings (SSSR count). The van der Waals surface area contributed by atoms with Crippen molar-refractivity contribution in [2.24, 2.45) is 5.41 Å². The zero-order valence-electron chi connectivity index (χ0n) is 28.3. The van der Waals surface area contributed by atoms with Gasteiger partial charge in [0, 0.05) is 52.8 Å². The van der Waals surface area contributed by atoms with Gasteiger partial charge < -0.3 is 25.2 Å². The number of fused-ring (bicyclic) bond motifs is 3. The molecule has 3 aliphatic heterocycles. The second-order valence-electron chi connectivity index (χ2n) is 13.7. The third-order valence-corrected chi connectivity index (χ3v) is 11.2. The standard InChI is InChI=1S/C40H36FN5O4S/c1-24-18-31(36(42-20-24)45-17-15-40(21-45)22-50-23-40)43-37(47)26-10-12-27(13-11-26)39(49)46-16-14-28-19-33(51-35(28)29-7-3-4-9-32(29)46)38(48)44-34-25(2)6-5-8-30(34)41/h3-13,18-20H,14-17,21-23H2,1-2H3,(H,43,47)(H,44,48). The van der Waals surface area contributed by atoms with E-state index in [9.17, 15) is 18.8 Å². The molecule has 5 heterocycles. The summed E-state index contributed by atoms with van der Waals surface area (Å²) in [5.74, 6) is -0.573. The minimum absolute atomic E-state index is 0.170. The number of ether oxygens (including phenoxy) is 1. The Morgan fingerprint density at radius 3 is 2.43 bits per heavy atom. The number of amides is 3. The second kappa shape index (κ2) is 13.1. The zero-order valence-corrected chi connectivity index (χ0v) is 29.1. The molecule has 11 heteroatoms. The number of nitrogens with one attached hydrogen (secondary N) is 2. The van der Waals surface area contributed by atoms with Gasteiger partial charge in [0.15, 0.2) is 5.82 Å². The van der Waals surface area contributed by atoms with Gasteiger partial charge in [-0.25, -0.2) is 9.37 Å². The van der Waals surface area contributed by atoms with Crippen molar-refractivity contribution in [2.45, 2.75) is 26.7 Å². The summed E-state index contributed by atoms with van der Waals surface area (Å²) in [6.45, 7) is 7.32. The van der Waals surface area contributed by atoms with Gasteiger partial charge in [0.25, 0.3) is 17.7 Å². The molecular weight excluding hydrogens is 666 g/mol. The molecule has 3 aliphatic rings. The van der Waals surface area contributed by atoms with Gasteiger partial charge in [-0.1, -0.05) is 30.3 Å². The number of anilines is 4. The number of hydrogen-bond acceptors (Lipinski definition) is 7. The molecule has 2 fully saturated rings. The van der Waals surface area contributed by atoms with Crippen molar-refractivity contribution in [2.75, 3.05) is 53.3 Å². The first-order valence-electron chi connectivity index (χ1n) is 17.0. The number of hydrogen-bond donors (Lipinski definition) is 2. The number of para-hydroxylation sites is 2. The van der Waals surface area contributed by atoms with Crippen molar-refractivity contribution in [3.63, 3.8) is 0 Å². The van der Waals surface area contributed by atoms with Gasteiger partial charge in [0.2, 0.25) is 0 Å². The molecule has 2 aromatic heterocycles. The summed E-state index contributed by atoms with van der Waals surface area (Å²) in [4.78, 5) is 50.7. The number of pyridine rings is 1. The van der Waals surface area contributed by atoms with Crippen LogP contribution in [0.1, 0.15) is 53.5 Å². The van der Waals surface area contributed by atoms with Crippen LogP contribution >= 0.6 is 11.3 Å². The van der Waals surface area contributed by atoms with E-state index < -0.39 is 5.82 Å². The smallest absolute Gasteiger partial charge is 0.265 e. The first kappa shape index (κ1) is 32.8. The van der Waals surface area contributed by atoms with Crippen LogP contribution in [0.5, 0.6) is 0 Å². The molecule has 3 amide bonds. The molecule has 5 aromatic rings. The summed E-state index contributed by atoms with van der Waals surface area (Å²) in [5, 5.41) is 5.80. The van der Waals surface area contributed by atoms with Gasteiger partial charge in [0.05, 0.1) is 35.2 Å². The van der Waals surface area contributed by atoms with Crippen LogP contribution < -0.4 is 20.4 Å². The van der Waals surface area contributed by atoms with Crippen LogP contribution in [-0.2, 0) is 11.2 Å². The van der Waals surface area contributed by atoms with Crippen LogP contribution in [0.25, 0.3) is 10.4 Å². The molecule has 0 radical (unpaired) electrons. The number of thiophene rings is 1. The number of carbonyl (C=O) groups is 3. The molecule has 51 heavy (non-hydrogen) atoms. The molecular formula is C40H36FN5O4S. The van der Waals surface area contributed by atoms with Gasteiger partial charge in [-0.05, 0) is 91.9 Å². The first-order valence-corrected chi connectivity index (χ1v) is 17.8. The van der Waals surface area contributed by atoms with Crippen molar-refractivity contribution in [1.29, 1.82) is 0 Å². The average molecular weight is 702 g/mol. The summed E-state index contributed by atoms with van der Waals surface area (Å²) in [6, 6.07) is 22.8. The third kappa shape index (κ3) is 6.17. The number of halogens is 1. The molecule has 9 nitrogen and oxygen atoms in total. The van der Waals surface area contributed by atoms with Crippen LogP contribution in [0, 0.1) is 25.1 Å². The largest absolute Gasteiger partial charge is 0.380 e. The number of benzene rings is 3. The highest BCUT2D eigenvalue weighted by Crippen LogP contribution is 2.43. The van der Waals surface area contributed by atoms with Crippen LogP contribution in [0.15, 0.2) is 85.1 Å². The lowest BCUT2D eigenvalue weighted by molar-refractivity contribution is -0.0985. The minimum atomic E-state index is -0.484. The van der Waals surface area contributed by atoms with E-state index in [-0.39, 0.29) is 28.8 Å². The fourth-order valence-corrected chi connectivity index (χ4v) is 8.29. The van der Waals surface area contributed by atoms with E-state index in [2.05, 4.69) is 20.5 Å². The van der Waals surface area contributed by atoms with Gasteiger partial charge in [0.1, 0.15) is 5.82 Å². The summed E-state index contributed by atoms with van der Waals surface area (Å²) in [5.41, 5.74) is 6.00. The lowest BCUT2D eigenvalue weighted by Crippen LogP contribution is -2.44. The molecule has 0 saturated carbocycles. The van der Waals surface area contributed by atoms with E-state index in [1.54, 1.807) is 48.2 Å². The van der Waals surface area contributed by atoms with E-state index in [4.69, 9.17) is 4.74 Å². The molecule has 0 aliphatic carbocycles. The number of aromatic nitrogens is 1. The van der Waals surface area contributed by atoms with E-state index >= 15 is 0 Å². The molecule has 3 aromatic carbocycles. The quantitative estimate of drug-likeness (QED) is 0.190. The van der Waals surface area contributed by atoms with Crippen LogP contribution in [0.2, 0.25) is 0 Å². The molecule has 2 saturated heterocycles. The fraction of sp³-hybridized carbons (Fsp3) is 0.250. The van der Waals surface area contributed by atoms with Crippen LogP contribution in [0.4, 0.5) is 27.3 Å². The van der Waals surface area contributed by atoms with E-state index in [0.717, 1.165) is 65.8 Å². The Morgan fingerprint density at radius 1 is 0.902 bits per heavy atom. The minimum Gasteiger partial charge on any atom is -0.380 e. The predicted molar refractivity (Wildman–Crippen MR) is 198 cm³/mol. The summed E-state index contributed by atoms with van der Waals surface area (Å²) in [6.07, 6.45) is 3.38. The number of carbonyl (C=O) groups excluding carboxylic acids is 3. The molecule has 258 valence electrons. The van der Waals surface area contributed by atoms with Crippen LogP contribution in [-0.4, -0.2) is 55.6 Å². The van der Waals surface area contributed by atoms with Gasteiger partial charge in [-0.2, -0.15) is 0 Å². The van der Waals surface area contributed by atoms with Gasteiger partial charge in [-0.3, -0.25) is 14.4 Å². The van der Waals surface area contributed by atoms with Crippen molar-refractivity contribution in [1.82, 2.24) is 4.98 Å². The van der Waals surface area contributed by atoms with E-state index in [1.165, 1.54) is 17.4 Å². The van der Waals surface area contributed by atoms with Gasteiger partial charge >= 0.3 is 0 Å². The fourth-order valence-electron chi connectivity index (χ4n) is 7.15. The Labute approximate surface area is 299 Å². The lowest BCUT2D eigenvalue weighted by Gasteiger charge is -2.37. The van der Waals surface area contributed by atoms with Crippen molar-refractivity contribution < 1.29 is 23.5 Å². The number of aryl methyl sites for hydroxylation is 2. The van der Waals surface area contributed by atoms with Crippen molar-refractivity contribution >= 4 is 51.9 Å². The maximum absolute atomic E-state index is 14.5. The number of nitrogens with zero attached hydrogens (tertiary/aromatic N) is 3. The first-order chi connectivity index (χ1) is 24.7. The zero-order chi connectivity index (χ0) is 35.3. The Balaban J connectivity index is 0.991. The molecule has 1 spiro atoms. The summed E-state index contributed by atoms with van der Waals surface area (Å²) < 4.78 is 19.9. The van der Waals surface area contributed by atoms with Gasteiger partial charge in [-0.15, -0.1) is 11.3 Å². The maximum atomic E-state index is 14.5. The van der Waals surface area contributed by atoms with Crippen molar-refractivity contribution in [3.05, 3.63) is 124 Å². The number of rotatable bonds is 6. The molecule has 0 bridgehead atoms. The Morgan fingerprint density at radius 2 is 1.69 bits per heavy atom. The average Bonchev–Trinajstić information content (AvgIpc) is 3.73. The van der Waals surface area contributed by atoms with E-state index in [1.807, 2.05) is 49.5 Å². The topological polar surface area (TPSA) is 104 Å². The molecule has 2 N–H and O–H groups in total. The highest BCUT2D eigenvalue weighted by Gasteiger charge is 2.45. The third-order valence-electron chi connectivity index (χ3n) is 9.98. The van der Waals surface area contributed by atoms with Crippen LogP contribution in [0.3, 0.4) is 0 Å². The molecule has 0 unspecified atom stereocenters. The lowest BCUT2D eigenvalue weighted by atomic mass is 9.85. The Hall–Kier alpha value is -5.39. The van der Waals surface area contributed by atoms with E-state index in [0.29, 0.717) is 40.2 Å². The highest BCUT2D eigenvalue weighted by molar-refractivity contribution is 7.17. The molecule has 0 atom stereocenters. The SMILES string of the molecule is Cc1cnc(N2CCC3(COC3)C2)c(NC(=O)c2ccc(C(=O)N3CCc4cc(C(=O)Nc5c(C)cccc5F)sc4-c4ccccc43)cc2)c1. The summed E-state index contributed by atoms with van der Waals surface area (Å²) in [7, 11) is 0. The Kier molecular flexibility index (Phi) is 8.40. The monoisotopic (exact) mass is 701 g/mol. The predicted octanol–water partition coefficient (Wildman–Crippen LogP) is 7.50. The normalized spacial score (nSPS) is 15.8. The Bertz CT molecular complexity index is 2180. The van der Waals surface area contributed by atoms with Crippen molar-refractivity contribution in [3.8, 4) is 10.4 Å². The maximum Gasteiger partial charge on any atom is 0.265 e.